The Labute approximate surface area is 94.9 Å². The molecule has 0 aliphatic carbocycles. The van der Waals surface area contributed by atoms with Crippen LogP contribution in [0.1, 0.15) is 19.8 Å². The van der Waals surface area contributed by atoms with E-state index in [1.807, 2.05) is 0 Å². The molecule has 1 aliphatic heterocycles. The standard InChI is InChI=1S/C10H21NO5/c1-2-3-4-11-5-6-7(12)8(13)9(14)10(15)16-6/h6-15H,2-5H2,1H3/t6-,7-,8+,9-,10?/m1/s1. The SMILES string of the molecule is CCCCNC[C@H]1OC(O)[C@H](O)[C@@H](O)[C@@H]1O. The molecule has 0 aromatic carbocycles. The van der Waals surface area contributed by atoms with Crippen LogP contribution < -0.4 is 5.32 Å². The van der Waals surface area contributed by atoms with Crippen LogP contribution in [-0.2, 0) is 4.74 Å². The van der Waals surface area contributed by atoms with Crippen molar-refractivity contribution in [2.75, 3.05) is 13.1 Å². The van der Waals surface area contributed by atoms with Crippen LogP contribution in [-0.4, -0.2) is 64.2 Å². The lowest BCUT2D eigenvalue weighted by Crippen LogP contribution is -2.59. The summed E-state index contributed by atoms with van der Waals surface area (Å²) in [6.07, 6.45) is -4.10. The van der Waals surface area contributed by atoms with E-state index in [9.17, 15) is 20.4 Å². The Morgan fingerprint density at radius 3 is 2.38 bits per heavy atom. The third-order valence-corrected chi connectivity index (χ3v) is 2.74. The fraction of sp³-hybridized carbons (Fsp3) is 1.00. The second kappa shape index (κ2) is 6.48. The maximum absolute atomic E-state index is 9.60. The van der Waals surface area contributed by atoms with E-state index in [0.29, 0.717) is 6.54 Å². The van der Waals surface area contributed by atoms with E-state index in [4.69, 9.17) is 4.74 Å². The second-order valence-electron chi connectivity index (χ2n) is 4.09. The summed E-state index contributed by atoms with van der Waals surface area (Å²) in [7, 11) is 0. The van der Waals surface area contributed by atoms with Gasteiger partial charge in [-0.15, -0.1) is 0 Å². The first-order chi connectivity index (χ1) is 7.57. The van der Waals surface area contributed by atoms with E-state index >= 15 is 0 Å². The third kappa shape index (κ3) is 3.38. The highest BCUT2D eigenvalue weighted by atomic mass is 16.6. The van der Waals surface area contributed by atoms with Gasteiger partial charge in [0.1, 0.15) is 24.4 Å². The molecule has 0 bridgehead atoms. The molecule has 1 saturated heterocycles. The average molecular weight is 235 g/mol. The summed E-state index contributed by atoms with van der Waals surface area (Å²) in [6.45, 7) is 3.19. The molecule has 6 nitrogen and oxygen atoms in total. The number of nitrogens with one attached hydrogen (secondary N) is 1. The van der Waals surface area contributed by atoms with Crippen LogP contribution in [0.2, 0.25) is 0 Å². The van der Waals surface area contributed by atoms with Crippen molar-refractivity contribution in [2.45, 2.75) is 50.5 Å². The smallest absolute Gasteiger partial charge is 0.184 e. The predicted molar refractivity (Wildman–Crippen MR) is 56.7 cm³/mol. The predicted octanol–water partition coefficient (Wildman–Crippen LogP) is -1.82. The number of unbranched alkanes of at least 4 members (excludes halogenated alkanes) is 1. The summed E-state index contributed by atoms with van der Waals surface area (Å²) >= 11 is 0. The highest BCUT2D eigenvalue weighted by molar-refractivity contribution is 4.89. The van der Waals surface area contributed by atoms with Crippen LogP contribution in [0.4, 0.5) is 0 Å². The van der Waals surface area contributed by atoms with E-state index in [-0.39, 0.29) is 0 Å². The van der Waals surface area contributed by atoms with Crippen molar-refractivity contribution in [3.63, 3.8) is 0 Å². The monoisotopic (exact) mass is 235 g/mol. The van der Waals surface area contributed by atoms with Gasteiger partial charge in [0, 0.05) is 6.54 Å². The average Bonchev–Trinajstić information content (AvgIpc) is 2.28. The molecule has 16 heavy (non-hydrogen) atoms. The van der Waals surface area contributed by atoms with E-state index in [1.165, 1.54) is 0 Å². The van der Waals surface area contributed by atoms with E-state index < -0.39 is 30.7 Å². The van der Waals surface area contributed by atoms with Gasteiger partial charge >= 0.3 is 0 Å². The molecule has 1 rings (SSSR count). The van der Waals surface area contributed by atoms with E-state index in [1.54, 1.807) is 0 Å². The molecule has 0 aromatic rings. The van der Waals surface area contributed by atoms with Crippen LogP contribution >= 0.6 is 0 Å². The zero-order valence-electron chi connectivity index (χ0n) is 9.41. The quantitative estimate of drug-likeness (QED) is 0.359. The topological polar surface area (TPSA) is 102 Å². The molecule has 0 aromatic heterocycles. The van der Waals surface area contributed by atoms with Gasteiger partial charge in [0.05, 0.1) is 0 Å². The number of rotatable bonds is 5. The Kier molecular flexibility index (Phi) is 5.60. The third-order valence-electron chi connectivity index (χ3n) is 2.74. The molecule has 0 amide bonds. The van der Waals surface area contributed by atoms with Crippen molar-refractivity contribution in [1.82, 2.24) is 5.32 Å². The largest absolute Gasteiger partial charge is 0.388 e. The fourth-order valence-corrected chi connectivity index (χ4v) is 1.65. The first kappa shape index (κ1) is 13.8. The van der Waals surface area contributed by atoms with Gasteiger partial charge < -0.3 is 30.5 Å². The lowest BCUT2D eigenvalue weighted by atomic mass is 9.99. The summed E-state index contributed by atoms with van der Waals surface area (Å²) in [6, 6.07) is 0. The molecule has 0 spiro atoms. The van der Waals surface area contributed by atoms with Crippen LogP contribution in [0.15, 0.2) is 0 Å². The molecule has 96 valence electrons. The molecular weight excluding hydrogens is 214 g/mol. The Balaban J connectivity index is 2.35. The normalized spacial score (nSPS) is 39.9. The zero-order chi connectivity index (χ0) is 12.1. The molecule has 1 fully saturated rings. The molecule has 6 heteroatoms. The number of aliphatic hydroxyl groups excluding tert-OH is 4. The minimum Gasteiger partial charge on any atom is -0.388 e. The van der Waals surface area contributed by atoms with Crippen molar-refractivity contribution < 1.29 is 25.2 Å². The first-order valence-corrected chi connectivity index (χ1v) is 5.66. The van der Waals surface area contributed by atoms with Gasteiger partial charge in [0.2, 0.25) is 0 Å². The summed E-state index contributed by atoms with van der Waals surface area (Å²) in [4.78, 5) is 0. The lowest BCUT2D eigenvalue weighted by Gasteiger charge is -2.38. The van der Waals surface area contributed by atoms with Gasteiger partial charge in [0.25, 0.3) is 0 Å². The Hall–Kier alpha value is -0.240. The van der Waals surface area contributed by atoms with Crippen molar-refractivity contribution in [3.05, 3.63) is 0 Å². The van der Waals surface area contributed by atoms with Gasteiger partial charge in [-0.05, 0) is 13.0 Å². The highest BCUT2D eigenvalue weighted by Gasteiger charge is 2.42. The maximum atomic E-state index is 9.60. The number of ether oxygens (including phenoxy) is 1. The van der Waals surface area contributed by atoms with Gasteiger partial charge in [-0.25, -0.2) is 0 Å². The Bertz CT molecular complexity index is 204. The molecule has 1 unspecified atom stereocenters. The second-order valence-corrected chi connectivity index (χ2v) is 4.09. The minimum atomic E-state index is -1.46. The number of hydrogen-bond acceptors (Lipinski definition) is 6. The summed E-state index contributed by atoms with van der Waals surface area (Å²) in [5.74, 6) is 0. The van der Waals surface area contributed by atoms with Gasteiger partial charge in [-0.1, -0.05) is 13.3 Å². The van der Waals surface area contributed by atoms with E-state index in [0.717, 1.165) is 19.4 Å². The van der Waals surface area contributed by atoms with Crippen molar-refractivity contribution in [2.24, 2.45) is 0 Å². The molecule has 1 aliphatic rings. The molecule has 5 atom stereocenters. The molecule has 0 saturated carbocycles. The molecular formula is C10H21NO5. The van der Waals surface area contributed by atoms with E-state index in [2.05, 4.69) is 12.2 Å². The number of aliphatic hydroxyl groups is 4. The van der Waals surface area contributed by atoms with Crippen molar-refractivity contribution in [3.8, 4) is 0 Å². The summed E-state index contributed by atoms with van der Waals surface area (Å²) in [5, 5.41) is 40.6. The van der Waals surface area contributed by atoms with Crippen LogP contribution in [0.3, 0.4) is 0 Å². The van der Waals surface area contributed by atoms with Gasteiger partial charge in [-0.2, -0.15) is 0 Å². The van der Waals surface area contributed by atoms with Crippen molar-refractivity contribution >= 4 is 0 Å². The minimum absolute atomic E-state index is 0.335. The Morgan fingerprint density at radius 1 is 1.06 bits per heavy atom. The van der Waals surface area contributed by atoms with Crippen LogP contribution in [0, 0.1) is 0 Å². The van der Waals surface area contributed by atoms with Crippen LogP contribution in [0.25, 0.3) is 0 Å². The molecule has 5 N–H and O–H groups in total. The lowest BCUT2D eigenvalue weighted by molar-refractivity contribution is -0.280. The van der Waals surface area contributed by atoms with Crippen LogP contribution in [0.5, 0.6) is 0 Å². The first-order valence-electron chi connectivity index (χ1n) is 5.66. The highest BCUT2D eigenvalue weighted by Crippen LogP contribution is 2.19. The fourth-order valence-electron chi connectivity index (χ4n) is 1.65. The summed E-state index contributed by atoms with van der Waals surface area (Å²) in [5.41, 5.74) is 0. The number of hydrogen-bond donors (Lipinski definition) is 5. The van der Waals surface area contributed by atoms with Gasteiger partial charge in [0.15, 0.2) is 6.29 Å². The summed E-state index contributed by atoms with van der Waals surface area (Å²) < 4.78 is 4.99. The Morgan fingerprint density at radius 2 is 1.75 bits per heavy atom. The molecule has 1 heterocycles. The van der Waals surface area contributed by atoms with Crippen molar-refractivity contribution in [1.29, 1.82) is 0 Å². The molecule has 0 radical (unpaired) electrons. The van der Waals surface area contributed by atoms with Gasteiger partial charge in [-0.3, -0.25) is 0 Å². The zero-order valence-corrected chi connectivity index (χ0v) is 9.41. The maximum Gasteiger partial charge on any atom is 0.184 e.